The molecule has 0 N–H and O–H groups in total. The Kier molecular flexibility index (Phi) is 2.67. The van der Waals surface area contributed by atoms with Crippen LogP contribution in [-0.2, 0) is 0 Å². The van der Waals surface area contributed by atoms with Crippen molar-refractivity contribution in [2.45, 2.75) is 31.4 Å². The predicted molar refractivity (Wildman–Crippen MR) is 45.3 cm³/mol. The van der Waals surface area contributed by atoms with Crippen molar-refractivity contribution in [3.63, 3.8) is 0 Å². The monoisotopic (exact) mass is 214 g/mol. The number of rotatable bonds is 0. The minimum atomic E-state index is -4.76. The largest absolute Gasteiger partial charge is 0.432 e. The van der Waals surface area contributed by atoms with Gasteiger partial charge in [-0.05, 0) is 13.8 Å². The Labute approximate surface area is 78.4 Å². The van der Waals surface area contributed by atoms with Crippen molar-refractivity contribution in [3.05, 3.63) is 11.1 Å². The smallest absolute Gasteiger partial charge is 0.221 e. The van der Waals surface area contributed by atoms with Gasteiger partial charge in [-0.2, -0.15) is 13.2 Å². The van der Waals surface area contributed by atoms with Crippen LogP contribution in [0.5, 0.6) is 0 Å². The highest BCUT2D eigenvalue weighted by molar-refractivity contribution is 8.00. The molecule has 1 rings (SSSR count). The standard InChI is InChI=1S/C8H10F4S/c1-5-3-7(9,8(10,11)12)13-4-6(5)2/h3-4H2,1-2H3. The summed E-state index contributed by atoms with van der Waals surface area (Å²) in [5.74, 6) is 0.127. The summed E-state index contributed by atoms with van der Waals surface area (Å²) in [6.45, 7) is 3.29. The Morgan fingerprint density at radius 3 is 2.15 bits per heavy atom. The molecular weight excluding hydrogens is 204 g/mol. The molecule has 76 valence electrons. The average Bonchev–Trinajstić information content (AvgIpc) is 1.95. The number of halogens is 4. The van der Waals surface area contributed by atoms with Gasteiger partial charge < -0.3 is 0 Å². The maximum atomic E-state index is 13.3. The van der Waals surface area contributed by atoms with Gasteiger partial charge in [0.25, 0.3) is 5.00 Å². The molecule has 13 heavy (non-hydrogen) atoms. The summed E-state index contributed by atoms with van der Waals surface area (Å²) in [4.78, 5) is 0. The number of allylic oxidation sites excluding steroid dienone is 1. The quantitative estimate of drug-likeness (QED) is 0.437. The molecule has 1 aliphatic rings. The fourth-order valence-corrected chi connectivity index (χ4v) is 2.24. The van der Waals surface area contributed by atoms with Crippen LogP contribution in [0.2, 0.25) is 0 Å². The molecule has 0 aliphatic carbocycles. The molecule has 5 heteroatoms. The Morgan fingerprint density at radius 2 is 1.77 bits per heavy atom. The van der Waals surface area contributed by atoms with Crippen molar-refractivity contribution in [3.8, 4) is 0 Å². The second-order valence-electron chi connectivity index (χ2n) is 3.25. The van der Waals surface area contributed by atoms with E-state index in [9.17, 15) is 17.6 Å². The van der Waals surface area contributed by atoms with E-state index in [0.717, 1.165) is 5.57 Å². The van der Waals surface area contributed by atoms with Gasteiger partial charge in [0.1, 0.15) is 0 Å². The van der Waals surface area contributed by atoms with Crippen molar-refractivity contribution in [1.29, 1.82) is 0 Å². The molecule has 1 atom stereocenters. The lowest BCUT2D eigenvalue weighted by Crippen LogP contribution is -2.40. The third kappa shape index (κ3) is 2.00. The Hall–Kier alpha value is -0.190. The first-order valence-electron chi connectivity index (χ1n) is 3.81. The van der Waals surface area contributed by atoms with Crippen LogP contribution in [0.15, 0.2) is 11.1 Å². The fraction of sp³-hybridized carbons (Fsp3) is 0.750. The van der Waals surface area contributed by atoms with Gasteiger partial charge in [-0.25, -0.2) is 4.39 Å². The number of alkyl halides is 4. The molecule has 1 aliphatic heterocycles. The van der Waals surface area contributed by atoms with Gasteiger partial charge in [-0.15, -0.1) is 11.8 Å². The van der Waals surface area contributed by atoms with E-state index in [0.29, 0.717) is 17.3 Å². The van der Waals surface area contributed by atoms with Gasteiger partial charge in [0.05, 0.1) is 0 Å². The van der Waals surface area contributed by atoms with E-state index in [-0.39, 0.29) is 5.75 Å². The normalized spacial score (nSPS) is 30.9. The summed E-state index contributed by atoms with van der Waals surface area (Å²) in [5.41, 5.74) is 1.36. The summed E-state index contributed by atoms with van der Waals surface area (Å²) in [5, 5.41) is -3.07. The molecule has 0 radical (unpaired) electrons. The van der Waals surface area contributed by atoms with Crippen molar-refractivity contribution >= 4 is 11.8 Å². The minimum absolute atomic E-state index is 0.127. The summed E-state index contributed by atoms with van der Waals surface area (Å²) < 4.78 is 49.9. The molecule has 0 nitrogen and oxygen atoms in total. The molecule has 0 amide bonds. The van der Waals surface area contributed by atoms with Gasteiger partial charge in [0, 0.05) is 12.2 Å². The maximum Gasteiger partial charge on any atom is 0.432 e. The van der Waals surface area contributed by atoms with Crippen LogP contribution in [0.25, 0.3) is 0 Å². The first-order valence-corrected chi connectivity index (χ1v) is 4.79. The molecule has 0 fully saturated rings. The van der Waals surface area contributed by atoms with Gasteiger partial charge in [0.15, 0.2) is 0 Å². The van der Waals surface area contributed by atoms with Crippen molar-refractivity contribution in [2.75, 3.05) is 5.75 Å². The van der Waals surface area contributed by atoms with Crippen LogP contribution in [0.1, 0.15) is 20.3 Å². The van der Waals surface area contributed by atoms with Crippen LogP contribution >= 0.6 is 11.8 Å². The highest BCUT2D eigenvalue weighted by Crippen LogP contribution is 2.50. The lowest BCUT2D eigenvalue weighted by atomic mass is 10.0. The SMILES string of the molecule is CC1=C(C)CC(F)(C(F)(F)F)SC1. The fourth-order valence-electron chi connectivity index (χ4n) is 1.07. The number of thioether (sulfide) groups is 1. The lowest BCUT2D eigenvalue weighted by molar-refractivity contribution is -0.194. The van der Waals surface area contributed by atoms with Crippen LogP contribution in [0, 0.1) is 0 Å². The molecular formula is C8H10F4S. The lowest BCUT2D eigenvalue weighted by Gasteiger charge is -2.31. The van der Waals surface area contributed by atoms with E-state index < -0.39 is 17.6 Å². The zero-order chi connectivity index (χ0) is 10.3. The molecule has 1 unspecified atom stereocenters. The van der Waals surface area contributed by atoms with Gasteiger partial charge in [-0.3, -0.25) is 0 Å². The molecule has 0 aromatic carbocycles. The van der Waals surface area contributed by atoms with E-state index in [2.05, 4.69) is 0 Å². The highest BCUT2D eigenvalue weighted by atomic mass is 32.2. The Morgan fingerprint density at radius 1 is 1.23 bits per heavy atom. The first kappa shape index (κ1) is 10.9. The second-order valence-corrected chi connectivity index (χ2v) is 4.48. The highest BCUT2D eigenvalue weighted by Gasteiger charge is 2.57. The summed E-state index contributed by atoms with van der Waals surface area (Å²) in [6, 6.07) is 0. The maximum absolute atomic E-state index is 13.3. The van der Waals surface area contributed by atoms with Gasteiger partial charge >= 0.3 is 6.18 Å². The first-order chi connectivity index (χ1) is 5.76. The summed E-state index contributed by atoms with van der Waals surface area (Å²) in [7, 11) is 0. The molecule has 0 aromatic heterocycles. The second kappa shape index (κ2) is 3.19. The van der Waals surface area contributed by atoms with Gasteiger partial charge in [-0.1, -0.05) is 11.1 Å². The predicted octanol–water partition coefficient (Wildman–Crippen LogP) is 3.69. The molecule has 1 heterocycles. The van der Waals surface area contributed by atoms with E-state index in [1.165, 1.54) is 0 Å². The van der Waals surface area contributed by atoms with Crippen molar-refractivity contribution in [1.82, 2.24) is 0 Å². The van der Waals surface area contributed by atoms with Crippen LogP contribution in [-0.4, -0.2) is 16.9 Å². The zero-order valence-corrected chi connectivity index (χ0v) is 8.15. The van der Waals surface area contributed by atoms with Crippen LogP contribution in [0.3, 0.4) is 0 Å². The van der Waals surface area contributed by atoms with Crippen LogP contribution < -0.4 is 0 Å². The van der Waals surface area contributed by atoms with Crippen molar-refractivity contribution < 1.29 is 17.6 Å². The van der Waals surface area contributed by atoms with Crippen LogP contribution in [0.4, 0.5) is 17.6 Å². The summed E-state index contributed by atoms with van der Waals surface area (Å²) in [6.07, 6.45) is -5.30. The Bertz CT molecular complexity index is 243. The molecule has 0 spiro atoms. The van der Waals surface area contributed by atoms with E-state index >= 15 is 0 Å². The third-order valence-corrected chi connectivity index (χ3v) is 3.57. The van der Waals surface area contributed by atoms with E-state index in [1.807, 2.05) is 0 Å². The molecule has 0 saturated heterocycles. The van der Waals surface area contributed by atoms with Gasteiger partial charge in [0.2, 0.25) is 0 Å². The molecule has 0 saturated carbocycles. The number of hydrogen-bond acceptors (Lipinski definition) is 1. The summed E-state index contributed by atoms with van der Waals surface area (Å²) >= 11 is 0.335. The molecule has 0 bridgehead atoms. The minimum Gasteiger partial charge on any atom is -0.221 e. The third-order valence-electron chi connectivity index (χ3n) is 2.16. The Balaban J connectivity index is 2.88. The van der Waals surface area contributed by atoms with E-state index in [1.54, 1.807) is 13.8 Å². The zero-order valence-electron chi connectivity index (χ0n) is 7.33. The molecule has 0 aromatic rings. The van der Waals surface area contributed by atoms with E-state index in [4.69, 9.17) is 0 Å². The topological polar surface area (TPSA) is 0 Å². The van der Waals surface area contributed by atoms with Crippen molar-refractivity contribution in [2.24, 2.45) is 0 Å². The average molecular weight is 214 g/mol. The number of hydrogen-bond donors (Lipinski definition) is 0.